The largest absolute Gasteiger partial charge is 0.462 e. The zero-order valence-electron chi connectivity index (χ0n) is 12.3. The third-order valence-electron chi connectivity index (χ3n) is 3.02. The van der Waals surface area contributed by atoms with Gasteiger partial charge in [-0.2, -0.15) is 0 Å². The van der Waals surface area contributed by atoms with Crippen molar-refractivity contribution in [3.05, 3.63) is 27.8 Å². The van der Waals surface area contributed by atoms with Gasteiger partial charge in [0.2, 0.25) is 5.43 Å². The van der Waals surface area contributed by atoms with Crippen molar-refractivity contribution >= 4 is 22.8 Å². The zero-order valence-corrected chi connectivity index (χ0v) is 12.3. The Kier molecular flexibility index (Phi) is 4.21. The molecule has 2 heterocycles. The average Bonchev–Trinajstić information content (AvgIpc) is 2.41. The molecule has 0 aliphatic rings. The Balaban J connectivity index is 2.82. The maximum atomic E-state index is 12.5. The SMILES string of the molecule is CCCn1cc(C(=O)OCC)c(=O)c2c(N)nc(C)nc21. The molecule has 2 aromatic heterocycles. The molecular weight excluding hydrogens is 272 g/mol. The van der Waals surface area contributed by atoms with E-state index in [1.807, 2.05) is 6.92 Å². The van der Waals surface area contributed by atoms with Crippen LogP contribution in [0.5, 0.6) is 0 Å². The van der Waals surface area contributed by atoms with Crippen LogP contribution in [0.3, 0.4) is 0 Å². The minimum atomic E-state index is -0.658. The lowest BCUT2D eigenvalue weighted by atomic mass is 10.2. The van der Waals surface area contributed by atoms with E-state index in [4.69, 9.17) is 10.5 Å². The highest BCUT2D eigenvalue weighted by Gasteiger charge is 2.19. The summed E-state index contributed by atoms with van der Waals surface area (Å²) in [6.45, 7) is 6.19. The van der Waals surface area contributed by atoms with E-state index in [9.17, 15) is 9.59 Å². The van der Waals surface area contributed by atoms with Crippen LogP contribution in [0.4, 0.5) is 5.82 Å². The summed E-state index contributed by atoms with van der Waals surface area (Å²) in [6.07, 6.45) is 2.31. The first-order valence-electron chi connectivity index (χ1n) is 6.84. The van der Waals surface area contributed by atoms with Gasteiger partial charge in [-0.05, 0) is 20.3 Å². The fraction of sp³-hybridized carbons (Fsp3) is 0.429. The Morgan fingerprint density at radius 3 is 2.71 bits per heavy atom. The summed E-state index contributed by atoms with van der Waals surface area (Å²) < 4.78 is 6.66. The first-order valence-corrected chi connectivity index (χ1v) is 6.84. The van der Waals surface area contributed by atoms with Gasteiger partial charge in [-0.3, -0.25) is 4.79 Å². The molecule has 112 valence electrons. The number of rotatable bonds is 4. The molecule has 2 N–H and O–H groups in total. The first-order chi connectivity index (χ1) is 9.99. The highest BCUT2D eigenvalue weighted by Crippen LogP contribution is 2.16. The standard InChI is InChI=1S/C14H18N4O3/c1-4-6-18-7-9(14(20)21-5-2)11(19)10-12(15)16-8(3)17-13(10)18/h7H,4-6H2,1-3H3,(H2,15,16,17). The van der Waals surface area contributed by atoms with Gasteiger partial charge in [-0.15, -0.1) is 0 Å². The minimum absolute atomic E-state index is 0.0445. The molecule has 0 atom stereocenters. The van der Waals surface area contributed by atoms with Gasteiger partial charge in [0, 0.05) is 12.7 Å². The van der Waals surface area contributed by atoms with Gasteiger partial charge >= 0.3 is 5.97 Å². The van der Waals surface area contributed by atoms with Gasteiger partial charge in [0.1, 0.15) is 28.2 Å². The quantitative estimate of drug-likeness (QED) is 0.851. The van der Waals surface area contributed by atoms with Crippen molar-refractivity contribution in [2.75, 3.05) is 12.3 Å². The summed E-state index contributed by atoms with van der Waals surface area (Å²) in [6, 6.07) is 0. The molecule has 0 aliphatic carbocycles. The smallest absolute Gasteiger partial charge is 0.343 e. The molecule has 0 aromatic carbocycles. The van der Waals surface area contributed by atoms with E-state index in [2.05, 4.69) is 9.97 Å². The fourth-order valence-corrected chi connectivity index (χ4v) is 2.18. The number of nitrogens with zero attached hydrogens (tertiary/aromatic N) is 3. The van der Waals surface area contributed by atoms with Crippen molar-refractivity contribution in [2.45, 2.75) is 33.7 Å². The summed E-state index contributed by atoms with van der Waals surface area (Å²) >= 11 is 0. The molecule has 7 nitrogen and oxygen atoms in total. The number of nitrogen functional groups attached to an aromatic ring is 1. The molecule has 0 spiro atoms. The molecular formula is C14H18N4O3. The Hall–Kier alpha value is -2.44. The number of aromatic nitrogens is 3. The normalized spacial score (nSPS) is 10.8. The van der Waals surface area contributed by atoms with Crippen LogP contribution in [0.1, 0.15) is 36.5 Å². The number of anilines is 1. The number of carbonyl (C=O) groups excluding carboxylic acids is 1. The summed E-state index contributed by atoms with van der Waals surface area (Å²) in [4.78, 5) is 32.7. The van der Waals surface area contributed by atoms with Crippen LogP contribution in [-0.4, -0.2) is 27.1 Å². The highest BCUT2D eigenvalue weighted by molar-refractivity contribution is 5.95. The molecule has 7 heteroatoms. The maximum Gasteiger partial charge on any atom is 0.343 e. The van der Waals surface area contributed by atoms with Crippen molar-refractivity contribution in [2.24, 2.45) is 0 Å². The molecule has 0 bridgehead atoms. The van der Waals surface area contributed by atoms with E-state index in [1.54, 1.807) is 18.4 Å². The van der Waals surface area contributed by atoms with E-state index in [0.717, 1.165) is 6.42 Å². The molecule has 0 unspecified atom stereocenters. The highest BCUT2D eigenvalue weighted by atomic mass is 16.5. The fourth-order valence-electron chi connectivity index (χ4n) is 2.18. The third-order valence-corrected chi connectivity index (χ3v) is 3.02. The number of carbonyl (C=O) groups is 1. The van der Waals surface area contributed by atoms with Gasteiger partial charge in [0.25, 0.3) is 0 Å². The van der Waals surface area contributed by atoms with Crippen molar-refractivity contribution < 1.29 is 9.53 Å². The Bertz CT molecular complexity index is 752. The number of nitrogens with two attached hydrogens (primary N) is 1. The molecule has 2 rings (SSSR count). The van der Waals surface area contributed by atoms with E-state index in [1.165, 1.54) is 6.20 Å². The number of ether oxygens (including phenoxy) is 1. The van der Waals surface area contributed by atoms with Crippen molar-refractivity contribution in [1.82, 2.24) is 14.5 Å². The van der Waals surface area contributed by atoms with E-state index in [-0.39, 0.29) is 23.4 Å². The summed E-state index contributed by atoms with van der Waals surface area (Å²) in [7, 11) is 0. The third kappa shape index (κ3) is 2.72. The number of hydrogen-bond donors (Lipinski definition) is 1. The van der Waals surface area contributed by atoms with Crippen LogP contribution in [-0.2, 0) is 11.3 Å². The number of fused-ring (bicyclic) bond motifs is 1. The molecule has 0 aliphatic heterocycles. The molecule has 0 saturated carbocycles. The number of aryl methyl sites for hydroxylation is 2. The van der Waals surface area contributed by atoms with Crippen molar-refractivity contribution in [3.63, 3.8) is 0 Å². The Morgan fingerprint density at radius 2 is 2.10 bits per heavy atom. The first kappa shape index (κ1) is 15.0. The second-order valence-corrected chi connectivity index (χ2v) is 4.64. The monoisotopic (exact) mass is 290 g/mol. The Morgan fingerprint density at radius 1 is 1.38 bits per heavy atom. The molecule has 0 amide bonds. The van der Waals surface area contributed by atoms with Gasteiger partial charge < -0.3 is 15.0 Å². The zero-order chi connectivity index (χ0) is 15.6. The lowest BCUT2D eigenvalue weighted by molar-refractivity contribution is 0.0524. The Labute approximate surface area is 121 Å². The number of esters is 1. The van der Waals surface area contributed by atoms with E-state index in [0.29, 0.717) is 18.0 Å². The van der Waals surface area contributed by atoms with Crippen LogP contribution >= 0.6 is 0 Å². The molecule has 0 fully saturated rings. The van der Waals surface area contributed by atoms with Crippen molar-refractivity contribution in [3.8, 4) is 0 Å². The summed E-state index contributed by atoms with van der Waals surface area (Å²) in [5.41, 5.74) is 5.76. The predicted molar refractivity (Wildman–Crippen MR) is 79.2 cm³/mol. The van der Waals surface area contributed by atoms with E-state index < -0.39 is 11.4 Å². The van der Waals surface area contributed by atoms with Gasteiger partial charge in [0.05, 0.1) is 6.61 Å². The summed E-state index contributed by atoms with van der Waals surface area (Å²) in [5, 5.41) is 0.166. The van der Waals surface area contributed by atoms with Crippen LogP contribution in [0, 0.1) is 6.92 Å². The van der Waals surface area contributed by atoms with Crippen LogP contribution in [0.15, 0.2) is 11.0 Å². The number of pyridine rings is 1. The maximum absolute atomic E-state index is 12.5. The molecule has 21 heavy (non-hydrogen) atoms. The van der Waals surface area contributed by atoms with Gasteiger partial charge in [-0.1, -0.05) is 6.92 Å². The van der Waals surface area contributed by atoms with Gasteiger partial charge in [-0.25, -0.2) is 14.8 Å². The lowest BCUT2D eigenvalue weighted by Gasteiger charge is -2.12. The summed E-state index contributed by atoms with van der Waals surface area (Å²) in [5.74, 6) is -0.0964. The lowest BCUT2D eigenvalue weighted by Crippen LogP contribution is -2.23. The van der Waals surface area contributed by atoms with Crippen LogP contribution < -0.4 is 11.2 Å². The molecule has 0 radical (unpaired) electrons. The molecule has 2 aromatic rings. The van der Waals surface area contributed by atoms with Crippen molar-refractivity contribution in [1.29, 1.82) is 0 Å². The predicted octanol–water partition coefficient (Wildman–Crippen LogP) is 1.27. The van der Waals surface area contributed by atoms with E-state index >= 15 is 0 Å². The minimum Gasteiger partial charge on any atom is -0.462 e. The average molecular weight is 290 g/mol. The molecule has 0 saturated heterocycles. The number of hydrogen-bond acceptors (Lipinski definition) is 6. The van der Waals surface area contributed by atoms with Crippen LogP contribution in [0.25, 0.3) is 11.0 Å². The second kappa shape index (κ2) is 5.90. The van der Waals surface area contributed by atoms with Crippen LogP contribution in [0.2, 0.25) is 0 Å². The van der Waals surface area contributed by atoms with Gasteiger partial charge in [0.15, 0.2) is 0 Å². The second-order valence-electron chi connectivity index (χ2n) is 4.64. The topological polar surface area (TPSA) is 100 Å².